The molecule has 0 amide bonds. The SMILES string of the molecule is CC(C)CCC1=NCCCO1. The highest BCUT2D eigenvalue weighted by Gasteiger charge is 2.05. The quantitative estimate of drug-likeness (QED) is 0.612. The molecule has 0 aromatic rings. The van der Waals surface area contributed by atoms with Gasteiger partial charge in [-0.05, 0) is 12.3 Å². The van der Waals surface area contributed by atoms with Crippen molar-refractivity contribution in [3.8, 4) is 0 Å². The fourth-order valence-corrected chi connectivity index (χ4v) is 1.07. The minimum atomic E-state index is 0.753. The fraction of sp³-hybridized carbons (Fsp3) is 0.889. The molecule has 64 valence electrons. The maximum Gasteiger partial charge on any atom is 0.183 e. The molecule has 0 bridgehead atoms. The number of hydrogen-bond donors (Lipinski definition) is 0. The predicted octanol–water partition coefficient (Wildman–Crippen LogP) is 2.24. The van der Waals surface area contributed by atoms with Crippen molar-refractivity contribution in [1.82, 2.24) is 0 Å². The second-order valence-corrected chi connectivity index (χ2v) is 3.41. The summed E-state index contributed by atoms with van der Waals surface area (Å²) in [4.78, 5) is 4.30. The maximum atomic E-state index is 5.38. The van der Waals surface area contributed by atoms with Crippen molar-refractivity contribution in [2.45, 2.75) is 33.1 Å². The zero-order valence-corrected chi connectivity index (χ0v) is 7.47. The van der Waals surface area contributed by atoms with Gasteiger partial charge in [-0.3, -0.25) is 4.99 Å². The summed E-state index contributed by atoms with van der Waals surface area (Å²) in [6.45, 7) is 6.29. The standard InChI is InChI=1S/C9H17NO/c1-8(2)4-5-9-10-6-3-7-11-9/h8H,3-7H2,1-2H3. The average molecular weight is 155 g/mol. The van der Waals surface area contributed by atoms with E-state index in [9.17, 15) is 0 Å². The monoisotopic (exact) mass is 155 g/mol. The lowest BCUT2D eigenvalue weighted by Crippen LogP contribution is -2.13. The van der Waals surface area contributed by atoms with E-state index in [2.05, 4.69) is 18.8 Å². The molecule has 0 N–H and O–H groups in total. The van der Waals surface area contributed by atoms with Crippen molar-refractivity contribution in [1.29, 1.82) is 0 Å². The van der Waals surface area contributed by atoms with Crippen LogP contribution in [0.2, 0.25) is 0 Å². The minimum absolute atomic E-state index is 0.753. The Bertz CT molecular complexity index is 140. The molecule has 0 fully saturated rings. The molecule has 0 unspecified atom stereocenters. The molecule has 1 rings (SSSR count). The van der Waals surface area contributed by atoms with Crippen molar-refractivity contribution in [3.05, 3.63) is 0 Å². The van der Waals surface area contributed by atoms with Crippen LogP contribution in [0.4, 0.5) is 0 Å². The van der Waals surface area contributed by atoms with Crippen molar-refractivity contribution in [2.75, 3.05) is 13.2 Å². The number of rotatable bonds is 3. The van der Waals surface area contributed by atoms with Crippen LogP contribution in [0.5, 0.6) is 0 Å². The Balaban J connectivity index is 2.19. The first-order valence-corrected chi connectivity index (χ1v) is 4.45. The lowest BCUT2D eigenvalue weighted by atomic mass is 10.1. The lowest BCUT2D eigenvalue weighted by molar-refractivity contribution is 0.271. The normalized spacial score (nSPS) is 17.9. The summed E-state index contributed by atoms with van der Waals surface area (Å²) in [5.74, 6) is 1.73. The third-order valence-corrected chi connectivity index (χ3v) is 1.79. The van der Waals surface area contributed by atoms with E-state index in [0.717, 1.165) is 37.8 Å². The van der Waals surface area contributed by atoms with Crippen LogP contribution in [0.1, 0.15) is 33.1 Å². The lowest BCUT2D eigenvalue weighted by Gasteiger charge is -2.14. The first-order valence-electron chi connectivity index (χ1n) is 4.45. The smallest absolute Gasteiger partial charge is 0.183 e. The summed E-state index contributed by atoms with van der Waals surface area (Å²) in [5, 5.41) is 0. The van der Waals surface area contributed by atoms with E-state index in [1.165, 1.54) is 6.42 Å². The van der Waals surface area contributed by atoms with Crippen molar-refractivity contribution < 1.29 is 4.74 Å². The first-order chi connectivity index (χ1) is 5.29. The average Bonchev–Trinajstić information content (AvgIpc) is 2.03. The zero-order chi connectivity index (χ0) is 8.10. The van der Waals surface area contributed by atoms with E-state index in [1.54, 1.807) is 0 Å². The Morgan fingerprint density at radius 2 is 2.36 bits per heavy atom. The molecule has 0 aromatic carbocycles. The number of ether oxygens (including phenoxy) is 1. The van der Waals surface area contributed by atoms with Gasteiger partial charge in [0.2, 0.25) is 0 Å². The molecule has 0 atom stereocenters. The van der Waals surface area contributed by atoms with Crippen LogP contribution < -0.4 is 0 Å². The molecule has 0 aromatic heterocycles. The van der Waals surface area contributed by atoms with E-state index >= 15 is 0 Å². The maximum absolute atomic E-state index is 5.38. The molecule has 11 heavy (non-hydrogen) atoms. The fourth-order valence-electron chi connectivity index (χ4n) is 1.07. The van der Waals surface area contributed by atoms with Crippen LogP contribution in [0, 0.1) is 5.92 Å². The highest BCUT2D eigenvalue weighted by Crippen LogP contribution is 2.08. The molecule has 1 heterocycles. The van der Waals surface area contributed by atoms with Crippen molar-refractivity contribution in [2.24, 2.45) is 10.9 Å². The van der Waals surface area contributed by atoms with Crippen molar-refractivity contribution >= 4 is 5.90 Å². The number of hydrogen-bond acceptors (Lipinski definition) is 2. The molecule has 0 spiro atoms. The third kappa shape index (κ3) is 3.40. The molecule has 0 saturated heterocycles. The van der Waals surface area contributed by atoms with Crippen LogP contribution in [0.3, 0.4) is 0 Å². The van der Waals surface area contributed by atoms with Crippen LogP contribution in [0.15, 0.2) is 4.99 Å². The number of aliphatic imine (C=N–C) groups is 1. The van der Waals surface area contributed by atoms with Gasteiger partial charge in [-0.1, -0.05) is 13.8 Å². The van der Waals surface area contributed by atoms with Gasteiger partial charge in [-0.15, -0.1) is 0 Å². The van der Waals surface area contributed by atoms with Gasteiger partial charge in [0.25, 0.3) is 0 Å². The molecule has 0 radical (unpaired) electrons. The van der Waals surface area contributed by atoms with Crippen molar-refractivity contribution in [3.63, 3.8) is 0 Å². The Labute approximate surface area is 68.7 Å². The van der Waals surface area contributed by atoms with Gasteiger partial charge in [0.1, 0.15) is 0 Å². The van der Waals surface area contributed by atoms with Gasteiger partial charge in [0.05, 0.1) is 6.61 Å². The summed E-state index contributed by atoms with van der Waals surface area (Å²) in [6.07, 6.45) is 3.31. The highest BCUT2D eigenvalue weighted by molar-refractivity contribution is 5.76. The summed E-state index contributed by atoms with van der Waals surface area (Å²) >= 11 is 0. The van der Waals surface area contributed by atoms with E-state index < -0.39 is 0 Å². The van der Waals surface area contributed by atoms with E-state index in [-0.39, 0.29) is 0 Å². The molecule has 0 saturated carbocycles. The van der Waals surface area contributed by atoms with Crippen LogP contribution in [0.25, 0.3) is 0 Å². The largest absolute Gasteiger partial charge is 0.481 e. The van der Waals surface area contributed by atoms with E-state index in [1.807, 2.05) is 0 Å². The second-order valence-electron chi connectivity index (χ2n) is 3.41. The molecule has 1 aliphatic heterocycles. The molecule has 2 heteroatoms. The van der Waals surface area contributed by atoms with Gasteiger partial charge in [-0.25, -0.2) is 0 Å². The van der Waals surface area contributed by atoms with Gasteiger partial charge in [0.15, 0.2) is 5.90 Å². The molecule has 0 aliphatic carbocycles. The topological polar surface area (TPSA) is 21.6 Å². The minimum Gasteiger partial charge on any atom is -0.481 e. The molecular weight excluding hydrogens is 138 g/mol. The Kier molecular flexibility index (Phi) is 3.40. The van der Waals surface area contributed by atoms with E-state index in [4.69, 9.17) is 4.74 Å². The molecular formula is C9H17NO. The van der Waals surface area contributed by atoms with Gasteiger partial charge in [0, 0.05) is 19.4 Å². The summed E-state index contributed by atoms with van der Waals surface area (Å²) in [7, 11) is 0. The summed E-state index contributed by atoms with van der Waals surface area (Å²) in [5.41, 5.74) is 0. The third-order valence-electron chi connectivity index (χ3n) is 1.79. The first kappa shape index (κ1) is 8.57. The van der Waals surface area contributed by atoms with E-state index in [0.29, 0.717) is 0 Å². The highest BCUT2D eigenvalue weighted by atomic mass is 16.5. The van der Waals surface area contributed by atoms with Gasteiger partial charge >= 0.3 is 0 Å². The molecule has 2 nitrogen and oxygen atoms in total. The Hall–Kier alpha value is -0.530. The second kappa shape index (κ2) is 4.37. The zero-order valence-electron chi connectivity index (χ0n) is 7.47. The Morgan fingerprint density at radius 3 is 2.91 bits per heavy atom. The Morgan fingerprint density at radius 1 is 1.55 bits per heavy atom. The van der Waals surface area contributed by atoms with Gasteiger partial charge in [-0.2, -0.15) is 0 Å². The van der Waals surface area contributed by atoms with Crippen LogP contribution >= 0.6 is 0 Å². The summed E-state index contributed by atoms with van der Waals surface area (Å²) in [6, 6.07) is 0. The predicted molar refractivity (Wildman–Crippen MR) is 46.9 cm³/mol. The van der Waals surface area contributed by atoms with Crippen LogP contribution in [-0.2, 0) is 4.74 Å². The van der Waals surface area contributed by atoms with Gasteiger partial charge < -0.3 is 4.74 Å². The summed E-state index contributed by atoms with van der Waals surface area (Å²) < 4.78 is 5.38. The molecule has 1 aliphatic rings. The van der Waals surface area contributed by atoms with Crippen LogP contribution in [-0.4, -0.2) is 19.0 Å². The number of nitrogens with zero attached hydrogens (tertiary/aromatic N) is 1.